The van der Waals surface area contributed by atoms with Crippen LogP contribution in [-0.4, -0.2) is 48.1 Å². The molecule has 0 saturated carbocycles. The molecule has 5 nitrogen and oxygen atoms in total. The topological polar surface area (TPSA) is 62.5 Å². The molecule has 1 aromatic carbocycles. The molecule has 1 aliphatic rings. The predicted octanol–water partition coefficient (Wildman–Crippen LogP) is 2.96. The van der Waals surface area contributed by atoms with E-state index in [0.717, 1.165) is 38.8 Å². The largest absolute Gasteiger partial charge is 0.419 e. The van der Waals surface area contributed by atoms with E-state index in [0.29, 0.717) is 19.2 Å². The van der Waals surface area contributed by atoms with Gasteiger partial charge in [-0.15, -0.1) is 11.3 Å². The van der Waals surface area contributed by atoms with Crippen molar-refractivity contribution in [2.24, 2.45) is 5.73 Å². The first-order chi connectivity index (χ1) is 13.0. The predicted molar refractivity (Wildman–Crippen MR) is 98.7 cm³/mol. The zero-order chi connectivity index (χ0) is 20.7. The third kappa shape index (κ3) is 3.58. The third-order valence-electron chi connectivity index (χ3n) is 4.92. The van der Waals surface area contributed by atoms with Crippen LogP contribution in [0, 0.1) is 19.7 Å². The molecule has 1 fully saturated rings. The molecule has 0 bridgehead atoms. The summed E-state index contributed by atoms with van der Waals surface area (Å²) in [7, 11) is 0. The lowest BCUT2D eigenvalue weighted by Crippen LogP contribution is -2.64. The molecular weight excluding hydrogens is 396 g/mol. The quantitative estimate of drug-likeness (QED) is 0.782. The zero-order valence-corrected chi connectivity index (χ0v) is 16.2. The van der Waals surface area contributed by atoms with Crippen LogP contribution in [0.5, 0.6) is 0 Å². The Labute approximate surface area is 163 Å². The van der Waals surface area contributed by atoms with Gasteiger partial charge < -0.3 is 15.5 Å². The van der Waals surface area contributed by atoms with Gasteiger partial charge in [-0.25, -0.2) is 9.37 Å². The van der Waals surface area contributed by atoms with E-state index < -0.39 is 29.0 Å². The highest BCUT2D eigenvalue weighted by Gasteiger charge is 2.60. The number of halogens is 4. The molecule has 0 spiro atoms. The molecule has 2 N–H and O–H groups in total. The van der Waals surface area contributed by atoms with Crippen molar-refractivity contribution in [2.45, 2.75) is 25.6 Å². The minimum absolute atomic E-state index is 0.0703. The van der Waals surface area contributed by atoms with Gasteiger partial charge in [-0.1, -0.05) is 12.1 Å². The van der Waals surface area contributed by atoms with Gasteiger partial charge in [0.1, 0.15) is 5.82 Å². The molecule has 1 amide bonds. The van der Waals surface area contributed by atoms with Crippen LogP contribution in [0.2, 0.25) is 0 Å². The standard InChI is InChI=1S/C18H20F4N4OS/c1-11-12(2)28-16(24-11)26-8-6-25(7-9-26)15(27)17(23,18(20,21)22)13-4-3-5-14(19)10-13/h3-5,10H,6-9,23H2,1-2H3/t17-/m1/s1. The maximum absolute atomic E-state index is 13.8. The summed E-state index contributed by atoms with van der Waals surface area (Å²) in [6.07, 6.45) is -5.07. The first-order valence-electron chi connectivity index (χ1n) is 8.64. The van der Waals surface area contributed by atoms with E-state index in [-0.39, 0.29) is 13.1 Å². The smallest absolute Gasteiger partial charge is 0.345 e. The van der Waals surface area contributed by atoms with Crippen molar-refractivity contribution in [3.8, 4) is 0 Å². The number of hydrogen-bond donors (Lipinski definition) is 1. The fraction of sp³-hybridized carbons (Fsp3) is 0.444. The number of amides is 1. The fourth-order valence-corrected chi connectivity index (χ4v) is 4.04. The Bertz CT molecular complexity index is 857. The van der Waals surface area contributed by atoms with E-state index >= 15 is 0 Å². The van der Waals surface area contributed by atoms with Crippen molar-refractivity contribution in [3.63, 3.8) is 0 Å². The van der Waals surface area contributed by atoms with Crippen molar-refractivity contribution in [1.82, 2.24) is 9.88 Å². The van der Waals surface area contributed by atoms with E-state index in [1.165, 1.54) is 11.3 Å². The lowest BCUT2D eigenvalue weighted by molar-refractivity contribution is -0.200. The van der Waals surface area contributed by atoms with E-state index in [2.05, 4.69) is 4.98 Å². The number of rotatable bonds is 3. The van der Waals surface area contributed by atoms with Crippen LogP contribution < -0.4 is 10.6 Å². The van der Waals surface area contributed by atoms with Gasteiger partial charge in [-0.3, -0.25) is 4.79 Å². The minimum Gasteiger partial charge on any atom is -0.345 e. The molecular formula is C18H20F4N4OS. The number of nitrogens with zero attached hydrogens (tertiary/aromatic N) is 3. The second-order valence-electron chi connectivity index (χ2n) is 6.73. The lowest BCUT2D eigenvalue weighted by atomic mass is 9.88. The summed E-state index contributed by atoms with van der Waals surface area (Å²) in [6.45, 7) is 4.66. The zero-order valence-electron chi connectivity index (χ0n) is 15.4. The van der Waals surface area contributed by atoms with Crippen molar-refractivity contribution in [3.05, 3.63) is 46.2 Å². The third-order valence-corrected chi connectivity index (χ3v) is 6.05. The molecule has 1 aliphatic heterocycles. The van der Waals surface area contributed by atoms with Crippen LogP contribution in [0.25, 0.3) is 0 Å². The highest BCUT2D eigenvalue weighted by Crippen LogP contribution is 2.39. The van der Waals surface area contributed by atoms with Gasteiger partial charge in [0.05, 0.1) is 5.69 Å². The Morgan fingerprint density at radius 3 is 2.32 bits per heavy atom. The number of thiazole rings is 1. The van der Waals surface area contributed by atoms with Crippen LogP contribution in [0.4, 0.5) is 22.7 Å². The summed E-state index contributed by atoms with van der Waals surface area (Å²) in [6, 6.07) is 3.78. The lowest BCUT2D eigenvalue weighted by Gasteiger charge is -2.40. The Balaban J connectivity index is 1.81. The Hall–Kier alpha value is -2.20. The number of anilines is 1. The van der Waals surface area contributed by atoms with Crippen LogP contribution in [0.1, 0.15) is 16.1 Å². The van der Waals surface area contributed by atoms with Gasteiger partial charge in [0.15, 0.2) is 5.13 Å². The van der Waals surface area contributed by atoms with Crippen LogP contribution >= 0.6 is 11.3 Å². The second-order valence-corrected chi connectivity index (χ2v) is 7.92. The van der Waals surface area contributed by atoms with Gasteiger partial charge in [0.25, 0.3) is 5.91 Å². The van der Waals surface area contributed by atoms with Crippen LogP contribution in [-0.2, 0) is 10.3 Å². The monoisotopic (exact) mass is 416 g/mol. The molecule has 3 rings (SSSR count). The summed E-state index contributed by atoms with van der Waals surface area (Å²) >= 11 is 1.50. The molecule has 1 saturated heterocycles. The number of carbonyl (C=O) groups is 1. The SMILES string of the molecule is Cc1nc(N2CCN(C(=O)[C@](N)(c3cccc(F)c3)C(F)(F)F)CC2)sc1C. The summed E-state index contributed by atoms with van der Waals surface area (Å²) < 4.78 is 54.9. The van der Waals surface area contributed by atoms with Gasteiger partial charge in [-0.2, -0.15) is 13.2 Å². The average molecular weight is 416 g/mol. The molecule has 152 valence electrons. The van der Waals surface area contributed by atoms with Gasteiger partial charge in [-0.05, 0) is 31.5 Å². The maximum atomic E-state index is 13.8. The van der Waals surface area contributed by atoms with Crippen LogP contribution in [0.3, 0.4) is 0 Å². The molecule has 2 aromatic rings. The number of carbonyl (C=O) groups excluding carboxylic acids is 1. The molecule has 2 heterocycles. The summed E-state index contributed by atoms with van der Waals surface area (Å²) in [5, 5.41) is 0.780. The number of aryl methyl sites for hydroxylation is 2. The molecule has 0 unspecified atom stereocenters. The number of hydrogen-bond acceptors (Lipinski definition) is 5. The molecule has 10 heteroatoms. The summed E-state index contributed by atoms with van der Waals surface area (Å²) in [5.74, 6) is -2.17. The van der Waals surface area contributed by atoms with E-state index in [9.17, 15) is 22.4 Å². The van der Waals surface area contributed by atoms with Crippen molar-refractivity contribution >= 4 is 22.4 Å². The van der Waals surface area contributed by atoms with E-state index in [4.69, 9.17) is 5.73 Å². The van der Waals surface area contributed by atoms with Gasteiger partial charge >= 0.3 is 6.18 Å². The first kappa shape index (κ1) is 20.5. The molecule has 0 radical (unpaired) electrons. The Morgan fingerprint density at radius 1 is 1.18 bits per heavy atom. The first-order valence-corrected chi connectivity index (χ1v) is 9.45. The van der Waals surface area contributed by atoms with E-state index in [1.54, 1.807) is 0 Å². The van der Waals surface area contributed by atoms with Gasteiger partial charge in [0.2, 0.25) is 5.54 Å². The Morgan fingerprint density at radius 2 is 1.82 bits per heavy atom. The summed E-state index contributed by atoms with van der Waals surface area (Å²) in [5.41, 5.74) is 2.59. The average Bonchev–Trinajstić information content (AvgIpc) is 2.98. The van der Waals surface area contributed by atoms with Gasteiger partial charge in [0, 0.05) is 31.1 Å². The highest BCUT2D eigenvalue weighted by molar-refractivity contribution is 7.15. The minimum atomic E-state index is -5.07. The molecule has 1 atom stereocenters. The molecule has 0 aliphatic carbocycles. The van der Waals surface area contributed by atoms with Crippen molar-refractivity contribution in [1.29, 1.82) is 0 Å². The molecule has 28 heavy (non-hydrogen) atoms. The Kier molecular flexibility index (Phi) is 5.37. The highest BCUT2D eigenvalue weighted by atomic mass is 32.1. The van der Waals surface area contributed by atoms with Crippen LogP contribution in [0.15, 0.2) is 24.3 Å². The number of aromatic nitrogens is 1. The second kappa shape index (κ2) is 7.32. The maximum Gasteiger partial charge on any atom is 0.419 e. The molecule has 1 aromatic heterocycles. The van der Waals surface area contributed by atoms with Crippen molar-refractivity contribution in [2.75, 3.05) is 31.1 Å². The normalized spacial score (nSPS) is 17.5. The van der Waals surface area contributed by atoms with E-state index in [1.807, 2.05) is 18.7 Å². The number of benzene rings is 1. The fourth-order valence-electron chi connectivity index (χ4n) is 3.08. The number of nitrogens with two attached hydrogens (primary N) is 1. The summed E-state index contributed by atoms with van der Waals surface area (Å²) in [4.78, 5) is 21.3. The van der Waals surface area contributed by atoms with Crippen molar-refractivity contribution < 1.29 is 22.4 Å². The number of piperazine rings is 1. The number of alkyl halides is 3.